The van der Waals surface area contributed by atoms with Crippen molar-refractivity contribution < 1.29 is 13.2 Å². The second kappa shape index (κ2) is 11.8. The normalized spacial score (nSPS) is 16.8. The zero-order valence-electron chi connectivity index (χ0n) is 22.2. The third-order valence-corrected chi connectivity index (χ3v) is 9.37. The lowest BCUT2D eigenvalue weighted by Crippen LogP contribution is -2.35. The van der Waals surface area contributed by atoms with Crippen molar-refractivity contribution >= 4 is 26.6 Å². The molecular formula is C29H41N3O3S. The van der Waals surface area contributed by atoms with Crippen LogP contribution in [-0.4, -0.2) is 38.0 Å². The summed E-state index contributed by atoms with van der Waals surface area (Å²) in [5.41, 5.74) is 2.89. The Morgan fingerprint density at radius 3 is 2.44 bits per heavy atom. The zero-order valence-corrected chi connectivity index (χ0v) is 23.0. The van der Waals surface area contributed by atoms with Gasteiger partial charge in [0.1, 0.15) is 0 Å². The first-order chi connectivity index (χ1) is 17.3. The molecule has 2 atom stereocenters. The van der Waals surface area contributed by atoms with Crippen molar-refractivity contribution in [1.29, 1.82) is 0 Å². The molecule has 0 bridgehead atoms. The molecule has 36 heavy (non-hydrogen) atoms. The number of anilines is 1. The quantitative estimate of drug-likeness (QED) is 0.303. The lowest BCUT2D eigenvalue weighted by Gasteiger charge is -2.28. The van der Waals surface area contributed by atoms with Crippen molar-refractivity contribution in [3.05, 3.63) is 54.2 Å². The molecule has 2 aromatic carbocycles. The van der Waals surface area contributed by atoms with Gasteiger partial charge < -0.3 is 4.74 Å². The lowest BCUT2D eigenvalue weighted by atomic mass is 9.95. The van der Waals surface area contributed by atoms with Crippen LogP contribution in [0.15, 0.2) is 53.6 Å². The van der Waals surface area contributed by atoms with Crippen LogP contribution in [0.5, 0.6) is 0 Å². The number of hydrogen-bond acceptors (Lipinski definition) is 4. The first-order valence-corrected chi connectivity index (χ1v) is 14.9. The Morgan fingerprint density at radius 1 is 1.06 bits per heavy atom. The van der Waals surface area contributed by atoms with Crippen LogP contribution in [-0.2, 0) is 27.7 Å². The number of ether oxygens (including phenoxy) is 1. The van der Waals surface area contributed by atoms with E-state index in [0.717, 1.165) is 68.5 Å². The van der Waals surface area contributed by atoms with Crippen molar-refractivity contribution in [2.24, 2.45) is 17.8 Å². The third-order valence-electron chi connectivity index (χ3n) is 7.59. The summed E-state index contributed by atoms with van der Waals surface area (Å²) in [7, 11) is -3.74. The first-order valence-electron chi connectivity index (χ1n) is 13.5. The third kappa shape index (κ3) is 6.12. The fourth-order valence-electron chi connectivity index (χ4n) is 5.12. The van der Waals surface area contributed by atoms with Crippen molar-refractivity contribution in [2.75, 3.05) is 24.1 Å². The predicted molar refractivity (Wildman–Crippen MR) is 147 cm³/mol. The Morgan fingerprint density at radius 2 is 1.78 bits per heavy atom. The molecule has 1 fully saturated rings. The second-order valence-electron chi connectivity index (χ2n) is 10.5. The molecule has 0 radical (unpaired) electrons. The van der Waals surface area contributed by atoms with E-state index in [0.29, 0.717) is 23.3 Å². The fourth-order valence-corrected chi connectivity index (χ4v) is 6.74. The van der Waals surface area contributed by atoms with Gasteiger partial charge in [-0.1, -0.05) is 46.2 Å². The summed E-state index contributed by atoms with van der Waals surface area (Å²) < 4.78 is 37.2. The average molecular weight is 512 g/mol. The van der Waals surface area contributed by atoms with Gasteiger partial charge >= 0.3 is 0 Å². The molecule has 6 nitrogen and oxygen atoms in total. The molecule has 7 heteroatoms. The van der Waals surface area contributed by atoms with E-state index in [2.05, 4.69) is 32.8 Å². The van der Waals surface area contributed by atoms with Crippen molar-refractivity contribution in [1.82, 2.24) is 9.78 Å². The van der Waals surface area contributed by atoms with Gasteiger partial charge in [-0.3, -0.25) is 8.99 Å². The molecule has 0 N–H and O–H groups in total. The number of nitrogens with zero attached hydrogens (tertiary/aromatic N) is 3. The minimum Gasteiger partial charge on any atom is -0.381 e. The van der Waals surface area contributed by atoms with E-state index >= 15 is 0 Å². The van der Waals surface area contributed by atoms with E-state index in [1.165, 1.54) is 5.56 Å². The Balaban J connectivity index is 1.64. The van der Waals surface area contributed by atoms with Crippen molar-refractivity contribution in [2.45, 2.75) is 71.2 Å². The maximum Gasteiger partial charge on any atom is 0.264 e. The molecular weight excluding hydrogens is 470 g/mol. The maximum atomic E-state index is 14.0. The topological polar surface area (TPSA) is 64.4 Å². The van der Waals surface area contributed by atoms with Crippen LogP contribution in [0.1, 0.15) is 58.9 Å². The number of benzene rings is 2. The zero-order chi connectivity index (χ0) is 25.7. The van der Waals surface area contributed by atoms with E-state index in [4.69, 9.17) is 4.74 Å². The number of aromatic nitrogens is 2. The molecule has 2 unspecified atom stereocenters. The smallest absolute Gasteiger partial charge is 0.264 e. The Bertz CT molecular complexity index is 1230. The fraction of sp³-hybridized carbons (Fsp3) is 0.552. The molecule has 0 aliphatic carbocycles. The summed E-state index contributed by atoms with van der Waals surface area (Å²) in [4.78, 5) is 0.316. The van der Waals surface area contributed by atoms with Crippen LogP contribution in [0.25, 0.3) is 10.9 Å². The van der Waals surface area contributed by atoms with Gasteiger partial charge in [0.15, 0.2) is 0 Å². The van der Waals surface area contributed by atoms with Gasteiger partial charge in [-0.05, 0) is 79.3 Å². The molecule has 1 aliphatic heterocycles. The summed E-state index contributed by atoms with van der Waals surface area (Å²) >= 11 is 0. The molecule has 0 saturated carbocycles. The van der Waals surface area contributed by atoms with Gasteiger partial charge in [-0.25, -0.2) is 8.42 Å². The Hall–Kier alpha value is -2.38. The van der Waals surface area contributed by atoms with E-state index in [-0.39, 0.29) is 5.92 Å². The molecule has 1 aliphatic rings. The van der Waals surface area contributed by atoms with Crippen LogP contribution in [0.2, 0.25) is 0 Å². The highest BCUT2D eigenvalue weighted by Crippen LogP contribution is 2.29. The van der Waals surface area contributed by atoms with E-state index in [1.54, 1.807) is 22.6 Å². The minimum atomic E-state index is -3.74. The highest BCUT2D eigenvalue weighted by atomic mass is 32.2. The van der Waals surface area contributed by atoms with Gasteiger partial charge in [0.05, 0.1) is 22.3 Å². The Labute approximate surface area is 216 Å². The summed E-state index contributed by atoms with van der Waals surface area (Å²) in [6.07, 6.45) is 6.87. The van der Waals surface area contributed by atoms with Crippen LogP contribution in [0.3, 0.4) is 0 Å². The standard InChI is InChI=1S/C29H41N3O3S/c1-5-22(3)17-23(4)20-32(27-9-7-24(6-2)8-10-27)36(33,34)28-11-12-29-26(18-28)19-30-31(29)21-25-13-15-35-16-14-25/h7-12,18-19,22-23,25H,5-6,13-17,20-21H2,1-4H3. The number of fused-ring (bicyclic) bond motifs is 1. The monoisotopic (exact) mass is 511 g/mol. The summed E-state index contributed by atoms with van der Waals surface area (Å²) in [5.74, 6) is 1.34. The summed E-state index contributed by atoms with van der Waals surface area (Å²) in [6, 6.07) is 13.4. The highest BCUT2D eigenvalue weighted by molar-refractivity contribution is 7.92. The van der Waals surface area contributed by atoms with E-state index < -0.39 is 10.0 Å². The van der Waals surface area contributed by atoms with Gasteiger partial charge in [-0.2, -0.15) is 5.10 Å². The van der Waals surface area contributed by atoms with Gasteiger partial charge in [0, 0.05) is 31.7 Å². The van der Waals surface area contributed by atoms with E-state index in [9.17, 15) is 8.42 Å². The van der Waals surface area contributed by atoms with Crippen molar-refractivity contribution in [3.8, 4) is 0 Å². The predicted octanol–water partition coefficient (Wildman–Crippen LogP) is 6.29. The molecule has 3 aromatic rings. The van der Waals surface area contributed by atoms with Crippen LogP contribution < -0.4 is 4.31 Å². The maximum absolute atomic E-state index is 14.0. The molecule has 2 heterocycles. The lowest BCUT2D eigenvalue weighted by molar-refractivity contribution is 0.0605. The first kappa shape index (κ1) is 26.7. The van der Waals surface area contributed by atoms with Gasteiger partial charge in [0.25, 0.3) is 10.0 Å². The highest BCUT2D eigenvalue weighted by Gasteiger charge is 2.28. The second-order valence-corrected chi connectivity index (χ2v) is 12.4. The molecule has 196 valence electrons. The minimum absolute atomic E-state index is 0.242. The van der Waals surface area contributed by atoms with Gasteiger partial charge in [0.2, 0.25) is 0 Å². The number of hydrogen-bond donors (Lipinski definition) is 0. The number of aryl methyl sites for hydroxylation is 1. The van der Waals surface area contributed by atoms with Crippen LogP contribution in [0, 0.1) is 17.8 Å². The van der Waals surface area contributed by atoms with Crippen LogP contribution >= 0.6 is 0 Å². The van der Waals surface area contributed by atoms with Crippen molar-refractivity contribution in [3.63, 3.8) is 0 Å². The summed E-state index contributed by atoms with van der Waals surface area (Å²) in [6.45, 7) is 11.6. The average Bonchev–Trinajstić information content (AvgIpc) is 3.29. The SMILES string of the molecule is CCc1ccc(N(CC(C)CC(C)CC)S(=O)(=O)c2ccc3c(cnn3CC3CCOCC3)c2)cc1. The molecule has 4 rings (SSSR count). The molecule has 0 amide bonds. The molecule has 1 saturated heterocycles. The van der Waals surface area contributed by atoms with Gasteiger partial charge in [-0.15, -0.1) is 0 Å². The molecule has 0 spiro atoms. The van der Waals surface area contributed by atoms with Crippen LogP contribution in [0.4, 0.5) is 5.69 Å². The number of rotatable bonds is 11. The largest absolute Gasteiger partial charge is 0.381 e. The Kier molecular flexibility index (Phi) is 8.73. The molecule has 1 aromatic heterocycles. The van der Waals surface area contributed by atoms with E-state index in [1.807, 2.05) is 35.0 Å². The summed E-state index contributed by atoms with van der Waals surface area (Å²) in [5, 5.41) is 5.45. The number of sulfonamides is 1.